The molecule has 0 amide bonds. The second kappa shape index (κ2) is 11.4. The lowest BCUT2D eigenvalue weighted by Gasteiger charge is -2.48. The van der Waals surface area contributed by atoms with E-state index in [1.165, 1.54) is 12.8 Å². The summed E-state index contributed by atoms with van der Waals surface area (Å²) in [7, 11) is 6.43. The van der Waals surface area contributed by atoms with E-state index < -0.39 is 0 Å². The molecule has 3 rings (SSSR count). The third kappa shape index (κ3) is 9.83. The van der Waals surface area contributed by atoms with E-state index in [9.17, 15) is 0 Å². The topological polar surface area (TPSA) is 69.2 Å². The number of anilines is 1. The van der Waals surface area contributed by atoms with Gasteiger partial charge in [0, 0.05) is 41.3 Å². The fraction of sp³-hybridized carbons (Fsp3) is 0.885. The second-order valence-electron chi connectivity index (χ2n) is 12.4. The zero-order valence-corrected chi connectivity index (χ0v) is 23.9. The molecule has 1 aromatic heterocycles. The smallest absolute Gasteiger partial charge is 0.228 e. The zero-order valence-electron chi connectivity index (χ0n) is 23.9. The van der Waals surface area contributed by atoms with E-state index in [0.717, 1.165) is 18.8 Å². The van der Waals surface area contributed by atoms with Gasteiger partial charge in [-0.3, -0.25) is 0 Å². The van der Waals surface area contributed by atoms with E-state index in [4.69, 9.17) is 0 Å². The summed E-state index contributed by atoms with van der Waals surface area (Å²) in [6.07, 6.45) is 7.75. The maximum absolute atomic E-state index is 4.23. The van der Waals surface area contributed by atoms with E-state index in [1.807, 2.05) is 13.8 Å². The van der Waals surface area contributed by atoms with Crippen molar-refractivity contribution in [3.63, 3.8) is 0 Å². The Balaban J connectivity index is 0.000000322. The van der Waals surface area contributed by atoms with Crippen molar-refractivity contribution in [1.82, 2.24) is 30.5 Å². The summed E-state index contributed by atoms with van der Waals surface area (Å²) in [5.74, 6) is 0.753. The summed E-state index contributed by atoms with van der Waals surface area (Å²) >= 11 is 0. The van der Waals surface area contributed by atoms with Gasteiger partial charge in [-0.05, 0) is 95.2 Å². The van der Waals surface area contributed by atoms with Gasteiger partial charge < -0.3 is 20.4 Å². The van der Waals surface area contributed by atoms with Crippen LogP contribution in [0.2, 0.25) is 0 Å². The fourth-order valence-electron chi connectivity index (χ4n) is 5.75. The van der Waals surface area contributed by atoms with Crippen LogP contribution in [-0.4, -0.2) is 75.2 Å². The van der Waals surface area contributed by atoms with Crippen LogP contribution in [0.15, 0.2) is 12.7 Å². The number of hydrogen-bond donors (Lipinski definition) is 2. The van der Waals surface area contributed by atoms with Gasteiger partial charge in [-0.1, -0.05) is 13.8 Å². The van der Waals surface area contributed by atoms with Gasteiger partial charge in [-0.25, -0.2) is 15.0 Å². The Morgan fingerprint density at radius 1 is 0.667 bits per heavy atom. The molecular formula is C26H53N7. The number of nitrogens with one attached hydrogen (secondary N) is 2. The Morgan fingerprint density at radius 2 is 1.00 bits per heavy atom. The highest BCUT2D eigenvalue weighted by molar-refractivity contribution is 5.29. The van der Waals surface area contributed by atoms with Crippen LogP contribution >= 0.6 is 0 Å². The van der Waals surface area contributed by atoms with Gasteiger partial charge >= 0.3 is 0 Å². The average Bonchev–Trinajstić information content (AvgIpc) is 2.65. The molecule has 2 N–H and O–H groups in total. The minimum atomic E-state index is 0.133. The maximum Gasteiger partial charge on any atom is 0.228 e. The molecule has 2 aliphatic rings. The van der Waals surface area contributed by atoms with E-state index in [-0.39, 0.29) is 22.2 Å². The van der Waals surface area contributed by atoms with Crippen LogP contribution in [0.25, 0.3) is 0 Å². The van der Waals surface area contributed by atoms with Gasteiger partial charge in [0.15, 0.2) is 0 Å². The van der Waals surface area contributed by atoms with Gasteiger partial charge in [-0.15, -0.1) is 0 Å². The number of nitrogens with zero attached hydrogens (tertiary/aromatic N) is 5. The van der Waals surface area contributed by atoms with Crippen molar-refractivity contribution in [2.75, 3.05) is 26.0 Å². The monoisotopic (exact) mass is 463 g/mol. The fourth-order valence-corrected chi connectivity index (χ4v) is 5.75. The van der Waals surface area contributed by atoms with E-state index in [2.05, 4.69) is 112 Å². The maximum atomic E-state index is 4.23. The van der Waals surface area contributed by atoms with Crippen molar-refractivity contribution < 1.29 is 0 Å². The summed E-state index contributed by atoms with van der Waals surface area (Å²) in [4.78, 5) is 16.9. The molecule has 3 heterocycles. The van der Waals surface area contributed by atoms with Crippen LogP contribution in [0.4, 0.5) is 5.95 Å². The molecule has 2 fully saturated rings. The van der Waals surface area contributed by atoms with Crippen LogP contribution in [0.3, 0.4) is 0 Å². The summed E-state index contributed by atoms with van der Waals surface area (Å²) in [5, 5.41) is 7.38. The lowest BCUT2D eigenvalue weighted by atomic mass is 9.79. The molecule has 33 heavy (non-hydrogen) atoms. The van der Waals surface area contributed by atoms with Crippen molar-refractivity contribution in [1.29, 1.82) is 0 Å². The van der Waals surface area contributed by atoms with Crippen LogP contribution in [0.1, 0.15) is 94.9 Å². The molecular weight excluding hydrogens is 410 g/mol. The predicted octanol–water partition coefficient (Wildman–Crippen LogP) is 4.50. The van der Waals surface area contributed by atoms with Gasteiger partial charge in [0.25, 0.3) is 0 Å². The Labute approximate surface area is 204 Å². The molecule has 0 aromatic carbocycles. The van der Waals surface area contributed by atoms with Gasteiger partial charge in [0.05, 0.1) is 0 Å². The molecule has 7 nitrogen and oxygen atoms in total. The molecule has 0 unspecified atom stereocenters. The summed E-state index contributed by atoms with van der Waals surface area (Å²) in [6.45, 7) is 22.2. The lowest BCUT2D eigenvalue weighted by Crippen LogP contribution is -2.62. The Morgan fingerprint density at radius 3 is 1.33 bits per heavy atom. The van der Waals surface area contributed by atoms with Gasteiger partial charge in [0.2, 0.25) is 5.95 Å². The van der Waals surface area contributed by atoms with Gasteiger partial charge in [0.1, 0.15) is 12.7 Å². The summed E-state index contributed by atoms with van der Waals surface area (Å²) in [6, 6.07) is 1.16. The Bertz CT molecular complexity index is 666. The molecule has 0 bridgehead atoms. The van der Waals surface area contributed by atoms with Crippen LogP contribution < -0.4 is 15.5 Å². The lowest BCUT2D eigenvalue weighted by molar-refractivity contribution is 0.0953. The quantitative estimate of drug-likeness (QED) is 0.684. The highest BCUT2D eigenvalue weighted by Gasteiger charge is 2.40. The number of hydrogen-bond acceptors (Lipinski definition) is 7. The molecule has 2 saturated heterocycles. The van der Waals surface area contributed by atoms with E-state index >= 15 is 0 Å². The first kappa shape index (κ1) is 29.7. The average molecular weight is 464 g/mol. The van der Waals surface area contributed by atoms with Crippen LogP contribution in [0.5, 0.6) is 0 Å². The largest absolute Gasteiger partial charge is 0.341 e. The molecule has 0 saturated carbocycles. The molecule has 0 spiro atoms. The minimum Gasteiger partial charge on any atom is -0.341 e. The third-order valence-corrected chi connectivity index (χ3v) is 6.41. The zero-order chi connectivity index (χ0) is 25.7. The van der Waals surface area contributed by atoms with Gasteiger partial charge in [-0.2, -0.15) is 0 Å². The highest BCUT2D eigenvalue weighted by atomic mass is 15.3. The standard InChI is InChI=1S/C13H23N5.C11H24N2.C2H6/c1-12(2)6-10(7-13(3,4)17-12)18(5)11-15-8-14-9-16-11;1-10(2)7-9(13(5)6)8-11(3,4)12-10;1-2/h8-10,17H,6-7H2,1-5H3;9,12H,7-8H2,1-6H3;1-2H3. The first-order chi connectivity index (χ1) is 15.0. The van der Waals surface area contributed by atoms with Crippen LogP contribution in [-0.2, 0) is 0 Å². The normalized spacial score (nSPS) is 23.6. The summed E-state index contributed by atoms with van der Waals surface area (Å²) in [5.41, 5.74) is 0.814. The Kier molecular flexibility index (Phi) is 10.3. The van der Waals surface area contributed by atoms with Crippen molar-refractivity contribution in [3.05, 3.63) is 12.7 Å². The molecule has 7 heteroatoms. The van der Waals surface area contributed by atoms with Crippen LogP contribution in [0, 0.1) is 0 Å². The van der Waals surface area contributed by atoms with Crippen molar-refractivity contribution >= 4 is 5.95 Å². The predicted molar refractivity (Wildman–Crippen MR) is 142 cm³/mol. The first-order valence-electron chi connectivity index (χ1n) is 12.6. The molecule has 0 atom stereocenters. The van der Waals surface area contributed by atoms with Crippen molar-refractivity contribution in [3.8, 4) is 0 Å². The molecule has 0 aliphatic carbocycles. The number of piperidine rings is 2. The molecule has 2 aliphatic heterocycles. The molecule has 1 aromatic rings. The SMILES string of the molecule is CC.CN(C)C1CC(C)(C)NC(C)(C)C1.CN(c1ncncn1)C1CC(C)(C)NC(C)(C)C1. The van der Waals surface area contributed by atoms with Crippen molar-refractivity contribution in [2.45, 2.75) is 129 Å². The second-order valence-corrected chi connectivity index (χ2v) is 12.4. The Hall–Kier alpha value is -1.31. The van der Waals surface area contributed by atoms with E-state index in [1.54, 1.807) is 12.7 Å². The highest BCUT2D eigenvalue weighted by Crippen LogP contribution is 2.32. The molecule has 192 valence electrons. The number of rotatable bonds is 3. The molecule has 0 radical (unpaired) electrons. The first-order valence-corrected chi connectivity index (χ1v) is 12.6. The van der Waals surface area contributed by atoms with E-state index in [0.29, 0.717) is 12.1 Å². The summed E-state index contributed by atoms with van der Waals surface area (Å²) < 4.78 is 0. The third-order valence-electron chi connectivity index (χ3n) is 6.41. The minimum absolute atomic E-state index is 0.133. The number of aromatic nitrogens is 3. The van der Waals surface area contributed by atoms with Crippen molar-refractivity contribution in [2.24, 2.45) is 0 Å².